The van der Waals surface area contributed by atoms with Crippen molar-refractivity contribution in [2.24, 2.45) is 0 Å². The van der Waals surface area contributed by atoms with E-state index in [0.29, 0.717) is 0 Å². The maximum Gasteiger partial charge on any atom is 0.223 e. The van der Waals surface area contributed by atoms with Gasteiger partial charge in [-0.1, -0.05) is 30.3 Å². The first-order valence-corrected chi connectivity index (χ1v) is 8.80. The molecular weight excluding hydrogens is 296 g/mol. The monoisotopic (exact) mass is 324 g/mol. The van der Waals surface area contributed by atoms with Crippen molar-refractivity contribution in [3.8, 4) is 0 Å². The predicted molar refractivity (Wildman–Crippen MR) is 99.6 cm³/mol. The zero-order valence-corrected chi connectivity index (χ0v) is 15.3. The highest BCUT2D eigenvalue weighted by atomic mass is 15.1. The first kappa shape index (κ1) is 16.9. The lowest BCUT2D eigenvalue weighted by molar-refractivity contribution is 0.195. The van der Waals surface area contributed by atoms with Crippen LogP contribution in [0.1, 0.15) is 35.4 Å². The standard InChI is InChI=1S/C20H28N4/c1-15-16(2)22-19(23-17(15)3)21-14-20(10-12-24(4)13-11-20)18-8-6-5-7-9-18/h5-9H,10-14H2,1-4H3,(H,21,22,23). The number of nitrogens with zero attached hydrogens (tertiary/aromatic N) is 3. The van der Waals surface area contributed by atoms with Crippen molar-refractivity contribution < 1.29 is 0 Å². The predicted octanol–water partition coefficient (Wildman–Crippen LogP) is 3.48. The molecule has 0 aliphatic carbocycles. The molecule has 1 aliphatic heterocycles. The topological polar surface area (TPSA) is 41.1 Å². The molecule has 1 fully saturated rings. The van der Waals surface area contributed by atoms with Crippen LogP contribution in [0.5, 0.6) is 0 Å². The van der Waals surface area contributed by atoms with Gasteiger partial charge in [-0.05, 0) is 64.9 Å². The summed E-state index contributed by atoms with van der Waals surface area (Å²) < 4.78 is 0. The Morgan fingerprint density at radius 2 is 1.58 bits per heavy atom. The van der Waals surface area contributed by atoms with Crippen LogP contribution < -0.4 is 5.32 Å². The van der Waals surface area contributed by atoms with Crippen LogP contribution in [-0.2, 0) is 5.41 Å². The summed E-state index contributed by atoms with van der Waals surface area (Å²) in [5, 5.41) is 3.54. The summed E-state index contributed by atoms with van der Waals surface area (Å²) in [5.74, 6) is 0.754. The van der Waals surface area contributed by atoms with Gasteiger partial charge < -0.3 is 10.2 Å². The number of aryl methyl sites for hydroxylation is 2. The smallest absolute Gasteiger partial charge is 0.223 e. The van der Waals surface area contributed by atoms with Crippen LogP contribution >= 0.6 is 0 Å². The molecule has 1 aliphatic rings. The van der Waals surface area contributed by atoms with Crippen LogP contribution in [0, 0.1) is 20.8 Å². The third-order valence-electron chi connectivity index (χ3n) is 5.55. The second-order valence-corrected chi connectivity index (χ2v) is 7.15. The third kappa shape index (κ3) is 3.44. The van der Waals surface area contributed by atoms with Gasteiger partial charge in [0.1, 0.15) is 0 Å². The van der Waals surface area contributed by atoms with Crippen molar-refractivity contribution in [2.45, 2.75) is 39.0 Å². The molecule has 3 rings (SSSR count). The molecule has 0 unspecified atom stereocenters. The van der Waals surface area contributed by atoms with E-state index in [2.05, 4.69) is 78.3 Å². The summed E-state index contributed by atoms with van der Waals surface area (Å²) in [7, 11) is 2.21. The molecule has 2 aromatic rings. The lowest BCUT2D eigenvalue weighted by Gasteiger charge is -2.41. The molecule has 0 bridgehead atoms. The molecule has 1 aromatic carbocycles. The zero-order valence-electron chi connectivity index (χ0n) is 15.3. The van der Waals surface area contributed by atoms with Gasteiger partial charge in [0.25, 0.3) is 0 Å². The van der Waals surface area contributed by atoms with Gasteiger partial charge in [-0.2, -0.15) is 0 Å². The van der Waals surface area contributed by atoms with Crippen molar-refractivity contribution in [3.05, 3.63) is 52.8 Å². The van der Waals surface area contributed by atoms with Crippen LogP contribution in [0.15, 0.2) is 30.3 Å². The molecule has 4 nitrogen and oxygen atoms in total. The molecule has 2 heterocycles. The quantitative estimate of drug-likeness (QED) is 0.935. The Bertz CT molecular complexity index is 665. The minimum Gasteiger partial charge on any atom is -0.353 e. The highest BCUT2D eigenvalue weighted by Gasteiger charge is 2.35. The number of benzene rings is 1. The van der Waals surface area contributed by atoms with Gasteiger partial charge in [0, 0.05) is 23.3 Å². The van der Waals surface area contributed by atoms with Gasteiger partial charge in [-0.3, -0.25) is 0 Å². The maximum absolute atomic E-state index is 4.63. The largest absolute Gasteiger partial charge is 0.353 e. The van der Waals surface area contributed by atoms with Crippen LogP contribution in [0.2, 0.25) is 0 Å². The average molecular weight is 324 g/mol. The average Bonchev–Trinajstić information content (AvgIpc) is 2.60. The Hall–Kier alpha value is -1.94. The van der Waals surface area contributed by atoms with Gasteiger partial charge in [-0.15, -0.1) is 0 Å². The molecule has 128 valence electrons. The lowest BCUT2D eigenvalue weighted by Crippen LogP contribution is -2.45. The number of hydrogen-bond donors (Lipinski definition) is 1. The first-order valence-electron chi connectivity index (χ1n) is 8.80. The van der Waals surface area contributed by atoms with Gasteiger partial charge >= 0.3 is 0 Å². The molecule has 0 amide bonds. The maximum atomic E-state index is 4.63. The number of hydrogen-bond acceptors (Lipinski definition) is 4. The van der Waals surface area contributed by atoms with Crippen molar-refractivity contribution >= 4 is 5.95 Å². The van der Waals surface area contributed by atoms with Crippen LogP contribution in [0.4, 0.5) is 5.95 Å². The first-order chi connectivity index (χ1) is 11.5. The number of aromatic nitrogens is 2. The molecule has 1 aromatic heterocycles. The number of rotatable bonds is 4. The molecule has 0 saturated carbocycles. The minimum absolute atomic E-state index is 0.157. The third-order valence-corrected chi connectivity index (χ3v) is 5.55. The Morgan fingerprint density at radius 1 is 1.00 bits per heavy atom. The summed E-state index contributed by atoms with van der Waals surface area (Å²) in [4.78, 5) is 11.7. The SMILES string of the molecule is Cc1nc(NCC2(c3ccccc3)CCN(C)CC2)nc(C)c1C. The fourth-order valence-corrected chi connectivity index (χ4v) is 3.51. The second kappa shape index (κ2) is 6.89. The number of likely N-dealkylation sites (tertiary alicyclic amines) is 1. The lowest BCUT2D eigenvalue weighted by atomic mass is 9.72. The van der Waals surface area contributed by atoms with E-state index in [1.54, 1.807) is 0 Å². The van der Waals surface area contributed by atoms with E-state index in [4.69, 9.17) is 0 Å². The Morgan fingerprint density at radius 3 is 2.17 bits per heavy atom. The fourth-order valence-electron chi connectivity index (χ4n) is 3.51. The van der Waals surface area contributed by atoms with Crippen molar-refractivity contribution in [1.82, 2.24) is 14.9 Å². The summed E-state index contributed by atoms with van der Waals surface area (Å²) >= 11 is 0. The van der Waals surface area contributed by atoms with Crippen LogP contribution in [-0.4, -0.2) is 41.5 Å². The minimum atomic E-state index is 0.157. The van der Waals surface area contributed by atoms with Crippen molar-refractivity contribution in [3.63, 3.8) is 0 Å². The normalized spacial score (nSPS) is 17.7. The van der Waals surface area contributed by atoms with Crippen molar-refractivity contribution in [2.75, 3.05) is 32.0 Å². The molecule has 24 heavy (non-hydrogen) atoms. The van der Waals surface area contributed by atoms with E-state index in [0.717, 1.165) is 49.8 Å². The Kier molecular flexibility index (Phi) is 4.86. The highest BCUT2D eigenvalue weighted by Crippen LogP contribution is 2.35. The van der Waals surface area contributed by atoms with Gasteiger partial charge in [0.15, 0.2) is 0 Å². The fraction of sp³-hybridized carbons (Fsp3) is 0.500. The Balaban J connectivity index is 1.83. The summed E-state index contributed by atoms with van der Waals surface area (Å²) in [6.07, 6.45) is 2.31. The molecule has 1 N–H and O–H groups in total. The van der Waals surface area contributed by atoms with E-state index in [1.165, 1.54) is 11.1 Å². The molecule has 0 radical (unpaired) electrons. The molecular formula is C20H28N4. The van der Waals surface area contributed by atoms with Crippen LogP contribution in [0.3, 0.4) is 0 Å². The van der Waals surface area contributed by atoms with E-state index in [9.17, 15) is 0 Å². The van der Waals surface area contributed by atoms with Gasteiger partial charge in [0.2, 0.25) is 5.95 Å². The molecule has 0 atom stereocenters. The zero-order chi connectivity index (χ0) is 17.2. The van der Waals surface area contributed by atoms with Gasteiger partial charge in [0.05, 0.1) is 0 Å². The molecule has 4 heteroatoms. The summed E-state index contributed by atoms with van der Waals surface area (Å²) in [6.45, 7) is 9.33. The van der Waals surface area contributed by atoms with Gasteiger partial charge in [-0.25, -0.2) is 9.97 Å². The molecule has 1 saturated heterocycles. The Labute approximate surface area is 145 Å². The van der Waals surface area contributed by atoms with Crippen LogP contribution in [0.25, 0.3) is 0 Å². The molecule has 0 spiro atoms. The second-order valence-electron chi connectivity index (χ2n) is 7.15. The summed E-state index contributed by atoms with van der Waals surface area (Å²) in [6, 6.07) is 10.9. The van der Waals surface area contributed by atoms with E-state index < -0.39 is 0 Å². The van der Waals surface area contributed by atoms with Crippen molar-refractivity contribution in [1.29, 1.82) is 0 Å². The van der Waals surface area contributed by atoms with E-state index >= 15 is 0 Å². The number of nitrogens with one attached hydrogen (secondary N) is 1. The number of anilines is 1. The van der Waals surface area contributed by atoms with E-state index in [-0.39, 0.29) is 5.41 Å². The number of piperidine rings is 1. The summed E-state index contributed by atoms with van der Waals surface area (Å²) in [5.41, 5.74) is 4.87. The highest BCUT2D eigenvalue weighted by molar-refractivity contribution is 5.36. The van der Waals surface area contributed by atoms with E-state index in [1.807, 2.05) is 0 Å².